The molecule has 0 spiro atoms. The van der Waals surface area contributed by atoms with Gasteiger partial charge >= 0.3 is 6.18 Å². The predicted molar refractivity (Wildman–Crippen MR) is 109 cm³/mol. The Morgan fingerprint density at radius 3 is 2.06 bits per heavy atom. The Bertz CT molecular complexity index is 1120. The molecular weight excluding hydrogens is 441 g/mol. The molecule has 6 nitrogen and oxygen atoms in total. The van der Waals surface area contributed by atoms with Gasteiger partial charge in [0.15, 0.2) is 11.6 Å². The van der Waals surface area contributed by atoms with Gasteiger partial charge in [-0.2, -0.15) is 13.2 Å². The third-order valence-electron chi connectivity index (χ3n) is 6.32. The molecule has 0 aliphatic heterocycles. The minimum Gasteiger partial charge on any atom is -0.507 e. The molecular formula is C24H21F3O6. The largest absolute Gasteiger partial charge is 0.507 e. The van der Waals surface area contributed by atoms with Gasteiger partial charge in [0, 0.05) is 18.8 Å². The molecule has 2 aliphatic rings. The van der Waals surface area contributed by atoms with E-state index in [-0.39, 0.29) is 29.8 Å². The van der Waals surface area contributed by atoms with Crippen LogP contribution in [0.5, 0.6) is 11.5 Å². The molecule has 0 saturated heterocycles. The summed E-state index contributed by atoms with van der Waals surface area (Å²) >= 11 is 0. The number of phenols is 2. The van der Waals surface area contributed by atoms with E-state index in [9.17, 15) is 37.8 Å². The van der Waals surface area contributed by atoms with E-state index in [4.69, 9.17) is 4.74 Å². The number of aromatic hydroxyl groups is 2. The highest BCUT2D eigenvalue weighted by molar-refractivity contribution is 6.20. The molecule has 2 aromatic carbocycles. The van der Waals surface area contributed by atoms with Crippen molar-refractivity contribution in [2.24, 2.45) is 11.8 Å². The van der Waals surface area contributed by atoms with Crippen molar-refractivity contribution in [3.05, 3.63) is 58.7 Å². The average molecular weight is 462 g/mol. The maximum absolute atomic E-state index is 13.3. The first-order valence-electron chi connectivity index (χ1n) is 10.5. The molecule has 1 fully saturated rings. The molecule has 0 amide bonds. The van der Waals surface area contributed by atoms with Crippen LogP contribution in [0.25, 0.3) is 0 Å². The average Bonchev–Trinajstić information content (AvgIpc) is 2.76. The van der Waals surface area contributed by atoms with Gasteiger partial charge in [-0.25, -0.2) is 0 Å². The molecule has 4 unspecified atom stereocenters. The van der Waals surface area contributed by atoms with Gasteiger partial charge in [0.25, 0.3) is 0 Å². The van der Waals surface area contributed by atoms with Crippen LogP contribution in [0.4, 0.5) is 13.2 Å². The third-order valence-corrected chi connectivity index (χ3v) is 6.32. The highest BCUT2D eigenvalue weighted by Gasteiger charge is 2.52. The molecule has 0 radical (unpaired) electrons. The zero-order valence-corrected chi connectivity index (χ0v) is 17.6. The van der Waals surface area contributed by atoms with Crippen LogP contribution in [0.1, 0.15) is 64.1 Å². The van der Waals surface area contributed by atoms with Crippen molar-refractivity contribution in [1.29, 1.82) is 0 Å². The molecule has 4 rings (SSSR count). The summed E-state index contributed by atoms with van der Waals surface area (Å²) < 4.78 is 44.7. The summed E-state index contributed by atoms with van der Waals surface area (Å²) in [7, 11) is 0. The number of carbonyl (C=O) groups is 3. The molecule has 0 bridgehead atoms. The number of rotatable bonds is 4. The Morgan fingerprint density at radius 1 is 0.939 bits per heavy atom. The lowest BCUT2D eigenvalue weighted by molar-refractivity contribution is -0.138. The predicted octanol–water partition coefficient (Wildman–Crippen LogP) is 4.63. The van der Waals surface area contributed by atoms with Crippen LogP contribution in [0.2, 0.25) is 0 Å². The third kappa shape index (κ3) is 4.01. The van der Waals surface area contributed by atoms with Crippen LogP contribution in [-0.4, -0.2) is 33.7 Å². The number of hydrogen-bond acceptors (Lipinski definition) is 6. The number of alkyl halides is 3. The van der Waals surface area contributed by atoms with Crippen LogP contribution in [0, 0.1) is 11.8 Å². The Kier molecular flexibility index (Phi) is 5.78. The Hall–Kier alpha value is -3.20. The van der Waals surface area contributed by atoms with Crippen LogP contribution in [0.15, 0.2) is 36.4 Å². The number of carbonyl (C=O) groups excluding carboxylic acids is 3. The van der Waals surface area contributed by atoms with E-state index in [1.807, 2.05) is 0 Å². The number of halogens is 3. The minimum absolute atomic E-state index is 0.147. The highest BCUT2D eigenvalue weighted by Crippen LogP contribution is 2.46. The number of ether oxygens (including phenoxy) is 1. The smallest absolute Gasteiger partial charge is 0.416 e. The first kappa shape index (κ1) is 23.0. The molecule has 0 heterocycles. The van der Waals surface area contributed by atoms with Crippen molar-refractivity contribution >= 4 is 17.3 Å². The van der Waals surface area contributed by atoms with E-state index in [2.05, 4.69) is 0 Å². The van der Waals surface area contributed by atoms with Gasteiger partial charge in [0.2, 0.25) is 0 Å². The number of hydrogen-bond donors (Lipinski definition) is 2. The second kappa shape index (κ2) is 8.30. The van der Waals surface area contributed by atoms with Crippen molar-refractivity contribution in [2.75, 3.05) is 0 Å². The lowest BCUT2D eigenvalue weighted by atomic mass is 9.65. The number of ketones is 3. The molecule has 2 aliphatic carbocycles. The molecule has 1 saturated carbocycles. The highest BCUT2D eigenvalue weighted by atomic mass is 19.4. The summed E-state index contributed by atoms with van der Waals surface area (Å²) in [5.74, 6) is -4.54. The van der Waals surface area contributed by atoms with Gasteiger partial charge in [0.05, 0.1) is 34.8 Å². The van der Waals surface area contributed by atoms with Gasteiger partial charge < -0.3 is 14.9 Å². The maximum Gasteiger partial charge on any atom is 0.416 e. The first-order chi connectivity index (χ1) is 15.5. The monoisotopic (exact) mass is 462 g/mol. The normalized spacial score (nSPS) is 23.8. The van der Waals surface area contributed by atoms with Gasteiger partial charge in [-0.1, -0.05) is 19.1 Å². The number of Topliss-reactive ketones (excluding diaryl/α,β-unsaturated/α-hetero) is 3. The zero-order valence-electron chi connectivity index (χ0n) is 17.6. The van der Waals surface area contributed by atoms with Gasteiger partial charge in [0.1, 0.15) is 17.3 Å². The Morgan fingerprint density at radius 2 is 1.52 bits per heavy atom. The molecule has 9 heteroatoms. The number of benzene rings is 2. The zero-order chi connectivity index (χ0) is 24.1. The van der Waals surface area contributed by atoms with E-state index in [1.54, 1.807) is 6.92 Å². The molecule has 0 aromatic heterocycles. The quantitative estimate of drug-likeness (QED) is 0.643. The second-order valence-electron chi connectivity index (χ2n) is 8.35. The number of phenolic OH excluding ortho intramolecular Hbond substituents is 2. The fourth-order valence-corrected chi connectivity index (χ4v) is 4.75. The topological polar surface area (TPSA) is 101 Å². The molecule has 33 heavy (non-hydrogen) atoms. The maximum atomic E-state index is 13.3. The van der Waals surface area contributed by atoms with E-state index in [0.717, 1.165) is 24.3 Å². The van der Waals surface area contributed by atoms with E-state index in [1.165, 1.54) is 12.1 Å². The van der Waals surface area contributed by atoms with Crippen molar-refractivity contribution in [3.8, 4) is 11.5 Å². The van der Waals surface area contributed by atoms with Crippen molar-refractivity contribution in [3.63, 3.8) is 0 Å². The SMILES string of the molecule is CCC(OC1CC(=O)CC2C(=O)c3c(O)ccc(O)c3C(=O)C12)c1ccc(C(F)(F)F)cc1. The van der Waals surface area contributed by atoms with Gasteiger partial charge in [-0.05, 0) is 36.2 Å². The lowest BCUT2D eigenvalue weighted by Gasteiger charge is -2.40. The summed E-state index contributed by atoms with van der Waals surface area (Å²) in [6.45, 7) is 1.75. The summed E-state index contributed by atoms with van der Waals surface area (Å²) in [6, 6.07) is 6.65. The summed E-state index contributed by atoms with van der Waals surface area (Å²) in [5, 5.41) is 20.3. The summed E-state index contributed by atoms with van der Waals surface area (Å²) in [6.07, 6.45) is -6.20. The van der Waals surface area contributed by atoms with E-state index < -0.39 is 58.8 Å². The molecule has 2 aromatic rings. The molecule has 2 N–H and O–H groups in total. The fourth-order valence-electron chi connectivity index (χ4n) is 4.75. The van der Waals surface area contributed by atoms with E-state index in [0.29, 0.717) is 12.0 Å². The van der Waals surface area contributed by atoms with Crippen LogP contribution < -0.4 is 0 Å². The van der Waals surface area contributed by atoms with Crippen LogP contribution in [-0.2, 0) is 15.7 Å². The Balaban J connectivity index is 1.68. The minimum atomic E-state index is -4.49. The molecule has 4 atom stereocenters. The molecule has 174 valence electrons. The van der Waals surface area contributed by atoms with Crippen molar-refractivity contribution in [1.82, 2.24) is 0 Å². The van der Waals surface area contributed by atoms with Crippen molar-refractivity contribution in [2.45, 2.75) is 44.6 Å². The summed E-state index contributed by atoms with van der Waals surface area (Å²) in [5.41, 5.74) is -0.972. The van der Waals surface area contributed by atoms with E-state index >= 15 is 0 Å². The first-order valence-corrected chi connectivity index (χ1v) is 10.5. The number of fused-ring (bicyclic) bond motifs is 2. The van der Waals surface area contributed by atoms with Gasteiger partial charge in [-0.15, -0.1) is 0 Å². The summed E-state index contributed by atoms with van der Waals surface area (Å²) in [4.78, 5) is 38.8. The standard InChI is InChI=1S/C24H21F3O6/c1-2-17(11-3-5-12(6-4-11)24(25,26)27)33-18-10-13(28)9-14-19(18)23(32)21-16(30)8-7-15(29)20(21)22(14)31/h3-8,14,17-19,29-30H,2,9-10H2,1H3. The van der Waals surface area contributed by atoms with Crippen molar-refractivity contribution < 1.29 is 42.5 Å². The van der Waals surface area contributed by atoms with Crippen LogP contribution in [0.3, 0.4) is 0 Å². The second-order valence-corrected chi connectivity index (χ2v) is 8.35. The Labute approximate surface area is 187 Å². The van der Waals surface area contributed by atoms with Crippen LogP contribution >= 0.6 is 0 Å². The van der Waals surface area contributed by atoms with Gasteiger partial charge in [-0.3, -0.25) is 14.4 Å². The lowest BCUT2D eigenvalue weighted by Crippen LogP contribution is -2.49. The fraction of sp³-hybridized carbons (Fsp3) is 0.375.